The fourth-order valence-electron chi connectivity index (χ4n) is 3.03. The van der Waals surface area contributed by atoms with Crippen LogP contribution in [0.25, 0.3) is 22.6 Å². The second-order valence-corrected chi connectivity index (χ2v) is 7.45. The molecule has 1 N–H and O–H groups in total. The SMILES string of the molecule is Cc1cc(C)cc(C(=O)Nc2ccc3oc(-c4ccc(Br)cc4)nc3c2)c1. The van der Waals surface area contributed by atoms with Crippen molar-refractivity contribution >= 4 is 38.6 Å². The van der Waals surface area contributed by atoms with E-state index in [0.29, 0.717) is 28.2 Å². The minimum Gasteiger partial charge on any atom is -0.436 e. The Morgan fingerprint density at radius 3 is 2.37 bits per heavy atom. The molecule has 0 saturated carbocycles. The van der Waals surface area contributed by atoms with E-state index in [-0.39, 0.29) is 5.91 Å². The van der Waals surface area contributed by atoms with E-state index in [4.69, 9.17) is 4.42 Å². The minimum atomic E-state index is -0.141. The van der Waals surface area contributed by atoms with E-state index < -0.39 is 0 Å². The van der Waals surface area contributed by atoms with Crippen molar-refractivity contribution in [1.82, 2.24) is 4.98 Å². The van der Waals surface area contributed by atoms with Crippen LogP contribution in [0.4, 0.5) is 5.69 Å². The van der Waals surface area contributed by atoms with Gasteiger partial charge < -0.3 is 9.73 Å². The molecule has 0 bridgehead atoms. The summed E-state index contributed by atoms with van der Waals surface area (Å²) in [6.07, 6.45) is 0. The summed E-state index contributed by atoms with van der Waals surface area (Å²) in [5.74, 6) is 0.410. The van der Waals surface area contributed by atoms with Gasteiger partial charge in [0.25, 0.3) is 5.91 Å². The highest BCUT2D eigenvalue weighted by atomic mass is 79.9. The predicted octanol–water partition coefficient (Wildman–Crippen LogP) is 6.13. The number of anilines is 1. The van der Waals surface area contributed by atoms with Crippen LogP contribution in [0.1, 0.15) is 21.5 Å². The van der Waals surface area contributed by atoms with Gasteiger partial charge in [-0.2, -0.15) is 0 Å². The van der Waals surface area contributed by atoms with Crippen LogP contribution < -0.4 is 5.32 Å². The van der Waals surface area contributed by atoms with Gasteiger partial charge in [-0.05, 0) is 68.4 Å². The molecule has 4 nitrogen and oxygen atoms in total. The van der Waals surface area contributed by atoms with E-state index in [0.717, 1.165) is 21.2 Å². The number of fused-ring (bicyclic) bond motifs is 1. The summed E-state index contributed by atoms with van der Waals surface area (Å²) in [6.45, 7) is 3.96. The summed E-state index contributed by atoms with van der Waals surface area (Å²) in [6, 6.07) is 19.0. The van der Waals surface area contributed by atoms with Gasteiger partial charge in [-0.25, -0.2) is 4.98 Å². The van der Waals surface area contributed by atoms with Crippen LogP contribution in [0.5, 0.6) is 0 Å². The number of carbonyl (C=O) groups is 1. The molecule has 27 heavy (non-hydrogen) atoms. The molecule has 0 fully saturated rings. The van der Waals surface area contributed by atoms with Gasteiger partial charge in [0.2, 0.25) is 5.89 Å². The van der Waals surface area contributed by atoms with Crippen LogP contribution in [0.3, 0.4) is 0 Å². The van der Waals surface area contributed by atoms with Crippen LogP contribution in [0, 0.1) is 13.8 Å². The number of oxazole rings is 1. The second-order valence-electron chi connectivity index (χ2n) is 6.54. The average molecular weight is 421 g/mol. The van der Waals surface area contributed by atoms with Gasteiger partial charge in [-0.3, -0.25) is 4.79 Å². The topological polar surface area (TPSA) is 55.1 Å². The van der Waals surface area contributed by atoms with Crippen LogP contribution in [0.2, 0.25) is 0 Å². The number of carbonyl (C=O) groups excluding carboxylic acids is 1. The number of halogens is 1. The van der Waals surface area contributed by atoms with Crippen LogP contribution in [-0.4, -0.2) is 10.9 Å². The van der Waals surface area contributed by atoms with Crippen molar-refractivity contribution in [3.8, 4) is 11.5 Å². The van der Waals surface area contributed by atoms with Crippen molar-refractivity contribution in [2.45, 2.75) is 13.8 Å². The molecule has 0 atom stereocenters. The van der Waals surface area contributed by atoms with Gasteiger partial charge in [0.15, 0.2) is 5.58 Å². The number of aromatic nitrogens is 1. The molecule has 0 aliphatic carbocycles. The van der Waals surface area contributed by atoms with E-state index in [2.05, 4.69) is 26.2 Å². The Hall–Kier alpha value is -2.92. The van der Waals surface area contributed by atoms with E-state index in [9.17, 15) is 4.79 Å². The Bertz CT molecular complexity index is 1130. The first-order chi connectivity index (χ1) is 13.0. The Labute approximate surface area is 165 Å². The highest BCUT2D eigenvalue weighted by molar-refractivity contribution is 9.10. The van der Waals surface area contributed by atoms with Crippen molar-refractivity contribution in [3.63, 3.8) is 0 Å². The lowest BCUT2D eigenvalue weighted by Gasteiger charge is -2.07. The molecule has 0 unspecified atom stereocenters. The van der Waals surface area contributed by atoms with Gasteiger partial charge in [0.05, 0.1) is 0 Å². The average Bonchev–Trinajstić information content (AvgIpc) is 3.04. The smallest absolute Gasteiger partial charge is 0.255 e. The number of amides is 1. The number of nitrogens with one attached hydrogen (secondary N) is 1. The largest absolute Gasteiger partial charge is 0.436 e. The summed E-state index contributed by atoms with van der Waals surface area (Å²) < 4.78 is 6.83. The molecular weight excluding hydrogens is 404 g/mol. The molecule has 0 aliphatic heterocycles. The fourth-order valence-corrected chi connectivity index (χ4v) is 3.29. The minimum absolute atomic E-state index is 0.141. The lowest BCUT2D eigenvalue weighted by atomic mass is 10.1. The van der Waals surface area contributed by atoms with Gasteiger partial charge in [0, 0.05) is 21.3 Å². The Morgan fingerprint density at radius 1 is 0.963 bits per heavy atom. The maximum absolute atomic E-state index is 12.6. The highest BCUT2D eigenvalue weighted by Gasteiger charge is 2.11. The summed E-state index contributed by atoms with van der Waals surface area (Å²) >= 11 is 3.42. The summed E-state index contributed by atoms with van der Waals surface area (Å²) in [5.41, 5.74) is 5.72. The first-order valence-electron chi connectivity index (χ1n) is 8.54. The van der Waals surface area contributed by atoms with Crippen LogP contribution >= 0.6 is 15.9 Å². The second kappa shape index (κ2) is 7.00. The molecule has 3 aromatic carbocycles. The fraction of sp³-hybridized carbons (Fsp3) is 0.0909. The molecule has 0 radical (unpaired) electrons. The van der Waals surface area contributed by atoms with Crippen molar-refractivity contribution in [1.29, 1.82) is 0 Å². The normalized spacial score (nSPS) is 10.9. The van der Waals surface area contributed by atoms with Gasteiger partial charge >= 0.3 is 0 Å². The Morgan fingerprint density at radius 2 is 1.67 bits per heavy atom. The molecule has 134 valence electrons. The standard InChI is InChI=1S/C22H17BrN2O2/c1-13-9-14(2)11-16(10-13)21(26)24-18-7-8-20-19(12-18)25-22(27-20)15-3-5-17(23)6-4-15/h3-12H,1-2H3,(H,24,26). The summed E-state index contributed by atoms with van der Waals surface area (Å²) in [4.78, 5) is 17.1. The molecule has 4 aromatic rings. The first kappa shape index (κ1) is 17.5. The maximum Gasteiger partial charge on any atom is 0.255 e. The molecule has 4 rings (SSSR count). The van der Waals surface area contributed by atoms with Gasteiger partial charge in [0.1, 0.15) is 5.52 Å². The third-order valence-electron chi connectivity index (χ3n) is 4.22. The van der Waals surface area contributed by atoms with Gasteiger partial charge in [-0.1, -0.05) is 33.1 Å². The number of aryl methyl sites for hydroxylation is 2. The van der Waals surface area contributed by atoms with E-state index in [1.54, 1.807) is 0 Å². The molecule has 5 heteroatoms. The van der Waals surface area contributed by atoms with Gasteiger partial charge in [-0.15, -0.1) is 0 Å². The molecular formula is C22H17BrN2O2. The molecule has 1 amide bonds. The molecule has 1 heterocycles. The quantitative estimate of drug-likeness (QED) is 0.433. The molecule has 0 spiro atoms. The zero-order valence-electron chi connectivity index (χ0n) is 14.9. The Kier molecular flexibility index (Phi) is 4.54. The van der Waals surface area contributed by atoms with Crippen molar-refractivity contribution in [3.05, 3.63) is 81.8 Å². The highest BCUT2D eigenvalue weighted by Crippen LogP contribution is 2.27. The lowest BCUT2D eigenvalue weighted by molar-refractivity contribution is 0.102. The molecule has 1 aromatic heterocycles. The number of rotatable bonds is 3. The summed E-state index contributed by atoms with van der Waals surface area (Å²) in [5, 5.41) is 2.93. The van der Waals surface area contributed by atoms with E-state index >= 15 is 0 Å². The maximum atomic E-state index is 12.6. The third kappa shape index (κ3) is 3.78. The zero-order chi connectivity index (χ0) is 19.0. The van der Waals surface area contributed by atoms with Crippen molar-refractivity contribution < 1.29 is 9.21 Å². The predicted molar refractivity (Wildman–Crippen MR) is 111 cm³/mol. The van der Waals surface area contributed by atoms with E-state index in [1.165, 1.54) is 0 Å². The number of hydrogen-bond donors (Lipinski definition) is 1. The number of nitrogens with zero attached hydrogens (tertiary/aromatic N) is 1. The number of hydrogen-bond acceptors (Lipinski definition) is 3. The van der Waals surface area contributed by atoms with Crippen molar-refractivity contribution in [2.24, 2.45) is 0 Å². The van der Waals surface area contributed by atoms with E-state index in [1.807, 2.05) is 74.5 Å². The Balaban J connectivity index is 1.61. The van der Waals surface area contributed by atoms with Crippen LogP contribution in [-0.2, 0) is 0 Å². The molecule has 0 aliphatic rings. The monoisotopic (exact) mass is 420 g/mol. The van der Waals surface area contributed by atoms with Crippen molar-refractivity contribution in [2.75, 3.05) is 5.32 Å². The lowest BCUT2D eigenvalue weighted by Crippen LogP contribution is -2.12. The third-order valence-corrected chi connectivity index (χ3v) is 4.75. The zero-order valence-corrected chi connectivity index (χ0v) is 16.5. The van der Waals surface area contributed by atoms with Crippen LogP contribution in [0.15, 0.2) is 69.6 Å². The molecule has 0 saturated heterocycles. The number of benzene rings is 3. The first-order valence-corrected chi connectivity index (χ1v) is 9.33. The summed E-state index contributed by atoms with van der Waals surface area (Å²) in [7, 11) is 0.